The fourth-order valence-corrected chi connectivity index (χ4v) is 1.79. The van der Waals surface area contributed by atoms with E-state index >= 15 is 0 Å². The van der Waals surface area contributed by atoms with E-state index in [2.05, 4.69) is 26.6 Å². The van der Waals surface area contributed by atoms with E-state index in [0.29, 0.717) is 26.1 Å². The predicted molar refractivity (Wildman–Crippen MR) is 75.8 cm³/mol. The van der Waals surface area contributed by atoms with Crippen molar-refractivity contribution >= 4 is 21.8 Å². The molecule has 1 aromatic rings. The summed E-state index contributed by atoms with van der Waals surface area (Å²) in [6, 6.07) is 7.73. The summed E-state index contributed by atoms with van der Waals surface area (Å²) in [6.07, 6.45) is 0.505. The smallest absolute Gasteiger partial charge is 0.221 e. The Balaban J connectivity index is 2.04. The fourth-order valence-electron chi connectivity index (χ4n) is 1.41. The van der Waals surface area contributed by atoms with Crippen LogP contribution in [0.1, 0.15) is 13.3 Å². The molecule has 0 atom stereocenters. The lowest BCUT2D eigenvalue weighted by Crippen LogP contribution is -2.29. The van der Waals surface area contributed by atoms with E-state index < -0.39 is 0 Å². The van der Waals surface area contributed by atoms with Gasteiger partial charge in [-0.05, 0) is 25.1 Å². The minimum absolute atomic E-state index is 0.0814. The van der Waals surface area contributed by atoms with Crippen molar-refractivity contribution in [2.45, 2.75) is 13.3 Å². The first-order chi connectivity index (χ1) is 8.72. The van der Waals surface area contributed by atoms with Crippen LogP contribution in [0.2, 0.25) is 0 Å². The van der Waals surface area contributed by atoms with Gasteiger partial charge in [0.25, 0.3) is 0 Å². The molecule has 18 heavy (non-hydrogen) atoms. The summed E-state index contributed by atoms with van der Waals surface area (Å²) in [4.78, 5) is 11.1. The maximum Gasteiger partial charge on any atom is 0.221 e. The molecule has 0 spiro atoms. The summed E-state index contributed by atoms with van der Waals surface area (Å²) in [7, 11) is 0. The number of rotatable bonds is 8. The number of carbonyl (C=O) groups excluding carboxylic acids is 1. The van der Waals surface area contributed by atoms with Gasteiger partial charge < -0.3 is 15.4 Å². The molecule has 0 aromatic heterocycles. The fraction of sp³-hybridized carbons (Fsp3) is 0.462. The van der Waals surface area contributed by atoms with Crippen LogP contribution in [0.4, 0.5) is 0 Å². The van der Waals surface area contributed by atoms with Gasteiger partial charge in [0, 0.05) is 30.5 Å². The molecular formula is C13H19BrN2O2. The van der Waals surface area contributed by atoms with Gasteiger partial charge in [-0.15, -0.1) is 0 Å². The molecule has 0 saturated carbocycles. The number of nitrogens with one attached hydrogen (secondary N) is 2. The number of hydrogen-bond donors (Lipinski definition) is 2. The van der Waals surface area contributed by atoms with Gasteiger partial charge in [-0.1, -0.05) is 22.0 Å². The SMILES string of the molecule is CCNC(=O)CCNCCOc1cccc(Br)c1. The zero-order valence-electron chi connectivity index (χ0n) is 10.5. The van der Waals surface area contributed by atoms with Crippen molar-refractivity contribution < 1.29 is 9.53 Å². The molecule has 0 radical (unpaired) electrons. The van der Waals surface area contributed by atoms with Crippen molar-refractivity contribution in [2.75, 3.05) is 26.2 Å². The summed E-state index contributed by atoms with van der Waals surface area (Å²) in [5.41, 5.74) is 0. The Bertz CT molecular complexity index is 372. The standard InChI is InChI=1S/C13H19BrN2O2/c1-2-16-13(17)6-7-15-8-9-18-12-5-3-4-11(14)10-12/h3-5,10,15H,2,6-9H2,1H3,(H,16,17). The van der Waals surface area contributed by atoms with Gasteiger partial charge in [-0.25, -0.2) is 0 Å². The molecule has 5 heteroatoms. The maximum atomic E-state index is 11.1. The molecular weight excluding hydrogens is 296 g/mol. The highest BCUT2D eigenvalue weighted by Crippen LogP contribution is 2.17. The molecule has 2 N–H and O–H groups in total. The second kappa shape index (κ2) is 8.94. The minimum Gasteiger partial charge on any atom is -0.492 e. The first kappa shape index (κ1) is 15.0. The maximum absolute atomic E-state index is 11.1. The Labute approximate surface area is 116 Å². The minimum atomic E-state index is 0.0814. The van der Waals surface area contributed by atoms with Crippen molar-refractivity contribution in [3.8, 4) is 5.75 Å². The number of halogens is 1. The van der Waals surface area contributed by atoms with Gasteiger partial charge in [0.15, 0.2) is 0 Å². The van der Waals surface area contributed by atoms with E-state index in [0.717, 1.165) is 16.8 Å². The Morgan fingerprint density at radius 3 is 2.94 bits per heavy atom. The summed E-state index contributed by atoms with van der Waals surface area (Å²) >= 11 is 3.39. The molecule has 0 bridgehead atoms. The zero-order valence-corrected chi connectivity index (χ0v) is 12.1. The Hall–Kier alpha value is -1.07. The molecule has 1 rings (SSSR count). The molecule has 4 nitrogen and oxygen atoms in total. The van der Waals surface area contributed by atoms with Gasteiger partial charge in [-0.3, -0.25) is 4.79 Å². The van der Waals surface area contributed by atoms with Crippen LogP contribution in [-0.2, 0) is 4.79 Å². The van der Waals surface area contributed by atoms with Crippen LogP contribution >= 0.6 is 15.9 Å². The Morgan fingerprint density at radius 2 is 2.22 bits per heavy atom. The monoisotopic (exact) mass is 314 g/mol. The molecule has 0 aliphatic rings. The second-order valence-electron chi connectivity index (χ2n) is 3.76. The van der Waals surface area contributed by atoms with Crippen molar-refractivity contribution in [2.24, 2.45) is 0 Å². The van der Waals surface area contributed by atoms with E-state index in [1.165, 1.54) is 0 Å². The van der Waals surface area contributed by atoms with Crippen molar-refractivity contribution in [3.63, 3.8) is 0 Å². The molecule has 0 aliphatic carbocycles. The van der Waals surface area contributed by atoms with Crippen LogP contribution in [0.25, 0.3) is 0 Å². The summed E-state index contributed by atoms with van der Waals surface area (Å²) < 4.78 is 6.55. The third-order valence-electron chi connectivity index (χ3n) is 2.25. The molecule has 100 valence electrons. The normalized spacial score (nSPS) is 10.1. The molecule has 0 saturated heterocycles. The number of ether oxygens (including phenoxy) is 1. The third kappa shape index (κ3) is 6.61. The highest BCUT2D eigenvalue weighted by atomic mass is 79.9. The van der Waals surface area contributed by atoms with E-state index in [4.69, 9.17) is 4.74 Å². The lowest BCUT2D eigenvalue weighted by Gasteiger charge is -2.07. The van der Waals surface area contributed by atoms with Gasteiger partial charge in [-0.2, -0.15) is 0 Å². The lowest BCUT2D eigenvalue weighted by molar-refractivity contribution is -0.120. The molecule has 1 amide bonds. The van der Waals surface area contributed by atoms with E-state index in [9.17, 15) is 4.79 Å². The van der Waals surface area contributed by atoms with Gasteiger partial charge in [0.1, 0.15) is 12.4 Å². The molecule has 1 aromatic carbocycles. The number of hydrogen-bond acceptors (Lipinski definition) is 3. The summed E-state index contributed by atoms with van der Waals surface area (Å²) in [6.45, 7) is 4.59. The van der Waals surface area contributed by atoms with Gasteiger partial charge in [0.2, 0.25) is 5.91 Å². The highest BCUT2D eigenvalue weighted by molar-refractivity contribution is 9.10. The van der Waals surface area contributed by atoms with Gasteiger partial charge in [0.05, 0.1) is 0 Å². The number of carbonyl (C=O) groups is 1. The molecule has 0 fully saturated rings. The molecule has 0 unspecified atom stereocenters. The first-order valence-electron chi connectivity index (χ1n) is 6.08. The van der Waals surface area contributed by atoms with Crippen molar-refractivity contribution in [3.05, 3.63) is 28.7 Å². The third-order valence-corrected chi connectivity index (χ3v) is 2.74. The predicted octanol–water partition coefficient (Wildman–Crippen LogP) is 1.94. The van der Waals surface area contributed by atoms with Crippen LogP contribution in [0.15, 0.2) is 28.7 Å². The topological polar surface area (TPSA) is 50.4 Å². The highest BCUT2D eigenvalue weighted by Gasteiger charge is 1.98. The first-order valence-corrected chi connectivity index (χ1v) is 6.87. The largest absolute Gasteiger partial charge is 0.492 e. The average Bonchev–Trinajstić information content (AvgIpc) is 2.34. The quantitative estimate of drug-likeness (QED) is 0.721. The summed E-state index contributed by atoms with van der Waals surface area (Å²) in [5, 5.41) is 5.92. The second-order valence-corrected chi connectivity index (χ2v) is 4.68. The van der Waals surface area contributed by atoms with Crippen LogP contribution in [0.3, 0.4) is 0 Å². The average molecular weight is 315 g/mol. The van der Waals surface area contributed by atoms with Gasteiger partial charge >= 0.3 is 0 Å². The van der Waals surface area contributed by atoms with Crippen molar-refractivity contribution in [1.82, 2.24) is 10.6 Å². The lowest BCUT2D eigenvalue weighted by atomic mass is 10.3. The molecule has 0 aliphatic heterocycles. The number of benzene rings is 1. The Morgan fingerprint density at radius 1 is 1.39 bits per heavy atom. The molecule has 0 heterocycles. The Kier molecular flexibility index (Phi) is 7.44. The summed E-state index contributed by atoms with van der Waals surface area (Å²) in [5.74, 6) is 0.924. The zero-order chi connectivity index (χ0) is 13.2. The number of amides is 1. The van der Waals surface area contributed by atoms with Crippen LogP contribution in [0.5, 0.6) is 5.75 Å². The van der Waals surface area contributed by atoms with E-state index in [1.54, 1.807) is 0 Å². The van der Waals surface area contributed by atoms with Crippen LogP contribution < -0.4 is 15.4 Å². The van der Waals surface area contributed by atoms with Crippen LogP contribution in [0, 0.1) is 0 Å². The van der Waals surface area contributed by atoms with Crippen LogP contribution in [-0.4, -0.2) is 32.1 Å². The van der Waals surface area contributed by atoms with Crippen molar-refractivity contribution in [1.29, 1.82) is 0 Å². The van der Waals surface area contributed by atoms with E-state index in [1.807, 2.05) is 31.2 Å². The van der Waals surface area contributed by atoms with E-state index in [-0.39, 0.29) is 5.91 Å².